The standard InChI is InChI=1S/C11H13N3S/c1-7-3-4-8(2)9(5-7)6-10-13-11(12)14-15-10/h3-5H,6H2,1-2H3,(H2,12,14). The second kappa shape index (κ2) is 3.98. The first-order valence-corrected chi connectivity index (χ1v) is 5.56. The lowest BCUT2D eigenvalue weighted by atomic mass is 10.0. The first-order valence-electron chi connectivity index (χ1n) is 4.79. The molecule has 0 unspecified atom stereocenters. The molecule has 0 fully saturated rings. The summed E-state index contributed by atoms with van der Waals surface area (Å²) in [5.41, 5.74) is 9.34. The van der Waals surface area contributed by atoms with Gasteiger partial charge in [0, 0.05) is 6.42 Å². The van der Waals surface area contributed by atoms with Gasteiger partial charge in [0.15, 0.2) is 0 Å². The zero-order valence-electron chi connectivity index (χ0n) is 8.82. The number of nitrogens with two attached hydrogens (primary N) is 1. The van der Waals surface area contributed by atoms with Crippen LogP contribution in [0.1, 0.15) is 21.7 Å². The van der Waals surface area contributed by atoms with E-state index in [1.165, 1.54) is 28.2 Å². The van der Waals surface area contributed by atoms with E-state index < -0.39 is 0 Å². The molecule has 0 aliphatic carbocycles. The van der Waals surface area contributed by atoms with Crippen LogP contribution in [0.25, 0.3) is 0 Å². The van der Waals surface area contributed by atoms with E-state index in [0.29, 0.717) is 5.95 Å². The number of benzene rings is 1. The average Bonchev–Trinajstić information content (AvgIpc) is 2.58. The lowest BCUT2D eigenvalue weighted by molar-refractivity contribution is 1.11. The minimum atomic E-state index is 0.375. The van der Waals surface area contributed by atoms with Gasteiger partial charge in [-0.25, -0.2) is 4.98 Å². The molecule has 0 saturated carbocycles. The molecule has 0 spiro atoms. The minimum absolute atomic E-state index is 0.375. The average molecular weight is 219 g/mol. The Kier molecular flexibility index (Phi) is 2.68. The first kappa shape index (κ1) is 10.1. The summed E-state index contributed by atoms with van der Waals surface area (Å²) in [7, 11) is 0. The van der Waals surface area contributed by atoms with Gasteiger partial charge in [0.05, 0.1) is 0 Å². The van der Waals surface area contributed by atoms with Gasteiger partial charge in [-0.1, -0.05) is 23.8 Å². The number of aromatic nitrogens is 2. The fourth-order valence-electron chi connectivity index (χ4n) is 1.49. The third-order valence-electron chi connectivity index (χ3n) is 2.33. The third kappa shape index (κ3) is 2.33. The Morgan fingerprint density at radius 1 is 1.33 bits per heavy atom. The van der Waals surface area contributed by atoms with Gasteiger partial charge in [-0.2, -0.15) is 4.37 Å². The summed E-state index contributed by atoms with van der Waals surface area (Å²) >= 11 is 1.37. The van der Waals surface area contributed by atoms with Crippen molar-refractivity contribution in [2.45, 2.75) is 20.3 Å². The smallest absolute Gasteiger partial charge is 0.232 e. The van der Waals surface area contributed by atoms with Crippen molar-refractivity contribution in [3.63, 3.8) is 0 Å². The van der Waals surface area contributed by atoms with Gasteiger partial charge in [0.1, 0.15) is 5.01 Å². The lowest BCUT2D eigenvalue weighted by Crippen LogP contribution is -1.93. The van der Waals surface area contributed by atoms with E-state index in [1.54, 1.807) is 0 Å². The number of hydrogen-bond donors (Lipinski definition) is 1. The van der Waals surface area contributed by atoms with Crippen molar-refractivity contribution >= 4 is 17.5 Å². The zero-order valence-corrected chi connectivity index (χ0v) is 9.64. The number of hydrogen-bond acceptors (Lipinski definition) is 4. The fraction of sp³-hybridized carbons (Fsp3) is 0.273. The highest BCUT2D eigenvalue weighted by atomic mass is 32.1. The van der Waals surface area contributed by atoms with Gasteiger partial charge in [-0.15, -0.1) is 0 Å². The maximum atomic E-state index is 5.49. The lowest BCUT2D eigenvalue weighted by Gasteiger charge is -2.04. The highest BCUT2D eigenvalue weighted by molar-refractivity contribution is 7.05. The predicted molar refractivity (Wildman–Crippen MR) is 63.0 cm³/mol. The molecule has 0 bridgehead atoms. The maximum absolute atomic E-state index is 5.49. The SMILES string of the molecule is Cc1ccc(C)c(Cc2nc(N)ns2)c1. The molecule has 0 amide bonds. The van der Waals surface area contributed by atoms with Crippen LogP contribution < -0.4 is 5.73 Å². The Balaban J connectivity index is 2.27. The van der Waals surface area contributed by atoms with Crippen LogP contribution in [-0.2, 0) is 6.42 Å². The zero-order chi connectivity index (χ0) is 10.8. The van der Waals surface area contributed by atoms with Crippen molar-refractivity contribution in [3.05, 3.63) is 39.9 Å². The van der Waals surface area contributed by atoms with Crippen LogP contribution in [-0.4, -0.2) is 9.36 Å². The second-order valence-electron chi connectivity index (χ2n) is 3.65. The normalized spacial score (nSPS) is 10.5. The molecule has 3 nitrogen and oxygen atoms in total. The summed E-state index contributed by atoms with van der Waals surface area (Å²) in [6.45, 7) is 4.20. The Hall–Kier alpha value is -1.42. The molecule has 0 aliphatic heterocycles. The summed E-state index contributed by atoms with van der Waals surface area (Å²) in [6, 6.07) is 6.44. The van der Waals surface area contributed by atoms with E-state index in [9.17, 15) is 0 Å². The Morgan fingerprint density at radius 2 is 2.13 bits per heavy atom. The van der Waals surface area contributed by atoms with Crippen LogP contribution in [0.2, 0.25) is 0 Å². The van der Waals surface area contributed by atoms with Crippen molar-refractivity contribution in [1.29, 1.82) is 0 Å². The fourth-order valence-corrected chi connectivity index (χ4v) is 2.09. The summed E-state index contributed by atoms with van der Waals surface area (Å²) in [5, 5.41) is 0.973. The van der Waals surface area contributed by atoms with Crippen LogP contribution in [0.3, 0.4) is 0 Å². The van der Waals surface area contributed by atoms with Crippen molar-refractivity contribution < 1.29 is 0 Å². The molecule has 15 heavy (non-hydrogen) atoms. The van der Waals surface area contributed by atoms with Gasteiger partial charge in [-0.05, 0) is 36.5 Å². The molecule has 0 aliphatic rings. The minimum Gasteiger partial charge on any atom is -0.367 e. The quantitative estimate of drug-likeness (QED) is 0.843. The summed E-state index contributed by atoms with van der Waals surface area (Å²) < 4.78 is 3.97. The molecular formula is C11H13N3S. The number of aryl methyl sites for hydroxylation is 2. The van der Waals surface area contributed by atoms with Gasteiger partial charge in [0.25, 0.3) is 0 Å². The van der Waals surface area contributed by atoms with E-state index in [4.69, 9.17) is 5.73 Å². The molecule has 1 heterocycles. The van der Waals surface area contributed by atoms with Crippen molar-refractivity contribution in [2.75, 3.05) is 5.73 Å². The molecule has 78 valence electrons. The molecule has 0 atom stereocenters. The Morgan fingerprint density at radius 3 is 2.80 bits per heavy atom. The summed E-state index contributed by atoms with van der Waals surface area (Å²) in [4.78, 5) is 4.16. The third-order valence-corrected chi connectivity index (χ3v) is 3.05. The van der Waals surface area contributed by atoms with Crippen LogP contribution >= 0.6 is 11.5 Å². The van der Waals surface area contributed by atoms with Crippen molar-refractivity contribution in [3.8, 4) is 0 Å². The Bertz CT molecular complexity index is 476. The van der Waals surface area contributed by atoms with E-state index in [-0.39, 0.29) is 0 Å². The number of nitrogen functional groups attached to an aromatic ring is 1. The molecule has 2 N–H and O–H groups in total. The molecule has 1 aromatic carbocycles. The highest BCUT2D eigenvalue weighted by Crippen LogP contribution is 2.17. The van der Waals surface area contributed by atoms with E-state index in [0.717, 1.165) is 11.4 Å². The molecule has 2 rings (SSSR count). The first-order chi connectivity index (χ1) is 7.15. The molecule has 0 saturated heterocycles. The number of anilines is 1. The molecule has 4 heteroatoms. The molecule has 0 radical (unpaired) electrons. The van der Waals surface area contributed by atoms with Gasteiger partial charge in [0.2, 0.25) is 5.95 Å². The largest absolute Gasteiger partial charge is 0.367 e. The molecular weight excluding hydrogens is 206 g/mol. The maximum Gasteiger partial charge on any atom is 0.232 e. The van der Waals surface area contributed by atoms with E-state index in [2.05, 4.69) is 41.4 Å². The second-order valence-corrected chi connectivity index (χ2v) is 4.49. The Labute approximate surface area is 93.1 Å². The molecule has 2 aromatic rings. The summed E-state index contributed by atoms with van der Waals surface area (Å²) in [6.07, 6.45) is 0.822. The number of rotatable bonds is 2. The highest BCUT2D eigenvalue weighted by Gasteiger charge is 2.05. The van der Waals surface area contributed by atoms with Crippen molar-refractivity contribution in [2.24, 2.45) is 0 Å². The van der Waals surface area contributed by atoms with E-state index >= 15 is 0 Å². The topological polar surface area (TPSA) is 51.8 Å². The number of nitrogens with zero attached hydrogens (tertiary/aromatic N) is 2. The van der Waals surface area contributed by atoms with E-state index in [1.807, 2.05) is 0 Å². The van der Waals surface area contributed by atoms with Crippen LogP contribution in [0, 0.1) is 13.8 Å². The van der Waals surface area contributed by atoms with Gasteiger partial charge in [-0.3, -0.25) is 0 Å². The molecule has 1 aromatic heterocycles. The van der Waals surface area contributed by atoms with Gasteiger partial charge >= 0.3 is 0 Å². The van der Waals surface area contributed by atoms with Crippen LogP contribution in [0.15, 0.2) is 18.2 Å². The van der Waals surface area contributed by atoms with Crippen molar-refractivity contribution in [1.82, 2.24) is 9.36 Å². The predicted octanol–water partition coefficient (Wildman–Crippen LogP) is 2.33. The van der Waals surface area contributed by atoms with Gasteiger partial charge < -0.3 is 5.73 Å². The summed E-state index contributed by atoms with van der Waals surface area (Å²) in [5.74, 6) is 0.375. The van der Waals surface area contributed by atoms with Crippen LogP contribution in [0.5, 0.6) is 0 Å². The monoisotopic (exact) mass is 219 g/mol. The van der Waals surface area contributed by atoms with Crippen LogP contribution in [0.4, 0.5) is 5.95 Å².